The predicted molar refractivity (Wildman–Crippen MR) is 83.5 cm³/mol. The maximum atomic E-state index is 3.72. The molecule has 0 spiro atoms. The van der Waals surface area contributed by atoms with Crippen LogP contribution in [0.4, 0.5) is 0 Å². The topological polar surface area (TPSA) is 12.0 Å². The van der Waals surface area contributed by atoms with Crippen molar-refractivity contribution in [1.29, 1.82) is 0 Å². The maximum absolute atomic E-state index is 3.72. The Hall–Kier alpha value is -0.340. The van der Waals surface area contributed by atoms with Crippen molar-refractivity contribution in [2.24, 2.45) is 5.41 Å². The van der Waals surface area contributed by atoms with Crippen molar-refractivity contribution in [1.82, 2.24) is 5.32 Å². The van der Waals surface area contributed by atoms with Crippen LogP contribution in [0.25, 0.3) is 0 Å². The van der Waals surface area contributed by atoms with Crippen LogP contribution < -0.4 is 5.32 Å². The molecule has 0 aliphatic heterocycles. The fourth-order valence-corrected chi connectivity index (χ4v) is 3.37. The van der Waals surface area contributed by atoms with E-state index in [0.717, 1.165) is 6.54 Å². The molecular formula is C16H29NS. The van der Waals surface area contributed by atoms with Gasteiger partial charge in [-0.05, 0) is 56.7 Å². The lowest BCUT2D eigenvalue weighted by Crippen LogP contribution is -2.23. The molecule has 0 fully saturated rings. The van der Waals surface area contributed by atoms with Crippen LogP contribution in [0, 0.1) is 19.3 Å². The van der Waals surface area contributed by atoms with Gasteiger partial charge in [0.2, 0.25) is 0 Å². The molecule has 0 saturated heterocycles. The monoisotopic (exact) mass is 267 g/mol. The molecule has 1 N–H and O–H groups in total. The lowest BCUT2D eigenvalue weighted by atomic mass is 9.88. The second kappa shape index (κ2) is 6.72. The lowest BCUT2D eigenvalue weighted by Gasteiger charge is -2.24. The van der Waals surface area contributed by atoms with Gasteiger partial charge in [-0.3, -0.25) is 0 Å². The van der Waals surface area contributed by atoms with Crippen LogP contribution in [0.5, 0.6) is 0 Å². The van der Waals surface area contributed by atoms with E-state index in [4.69, 9.17) is 0 Å². The predicted octanol–water partition coefficient (Wildman–Crippen LogP) is 5.23. The molecule has 2 heteroatoms. The van der Waals surface area contributed by atoms with Crippen molar-refractivity contribution < 1.29 is 0 Å². The summed E-state index contributed by atoms with van der Waals surface area (Å²) in [5.74, 6) is 0. The maximum Gasteiger partial charge on any atom is 0.0417 e. The first-order valence-corrected chi connectivity index (χ1v) is 7.95. The summed E-state index contributed by atoms with van der Waals surface area (Å²) in [5.41, 5.74) is 1.88. The molecule has 0 aromatic carbocycles. The number of hydrogen-bond donors (Lipinski definition) is 1. The largest absolute Gasteiger partial charge is 0.309 e. The summed E-state index contributed by atoms with van der Waals surface area (Å²) in [6.45, 7) is 14.8. The fourth-order valence-electron chi connectivity index (χ4n) is 2.23. The van der Waals surface area contributed by atoms with Crippen molar-refractivity contribution in [3.8, 4) is 0 Å². The number of aryl methyl sites for hydroxylation is 2. The number of nitrogens with one attached hydrogen (secondary N) is 1. The summed E-state index contributed by atoms with van der Waals surface area (Å²) in [7, 11) is 0. The molecular weight excluding hydrogens is 238 g/mol. The van der Waals surface area contributed by atoms with E-state index in [1.54, 1.807) is 4.88 Å². The quantitative estimate of drug-likeness (QED) is 0.744. The highest BCUT2D eigenvalue weighted by molar-refractivity contribution is 7.12. The van der Waals surface area contributed by atoms with E-state index in [1.807, 2.05) is 11.3 Å². The average Bonchev–Trinajstić information content (AvgIpc) is 2.57. The zero-order valence-electron chi connectivity index (χ0n) is 12.9. The molecule has 104 valence electrons. The minimum absolute atomic E-state index is 0.423. The van der Waals surface area contributed by atoms with Crippen LogP contribution in [-0.2, 0) is 0 Å². The first-order valence-electron chi connectivity index (χ1n) is 7.14. The molecule has 18 heavy (non-hydrogen) atoms. The highest BCUT2D eigenvalue weighted by atomic mass is 32.1. The Balaban J connectivity index is 2.74. The fraction of sp³-hybridized carbons (Fsp3) is 0.750. The van der Waals surface area contributed by atoms with Crippen LogP contribution in [0.15, 0.2) is 6.07 Å². The molecule has 0 aliphatic rings. The van der Waals surface area contributed by atoms with Crippen LogP contribution in [0.1, 0.15) is 68.3 Å². The molecule has 0 radical (unpaired) electrons. The molecule has 1 aromatic heterocycles. The van der Waals surface area contributed by atoms with Crippen LogP contribution in [0.2, 0.25) is 0 Å². The van der Waals surface area contributed by atoms with Gasteiger partial charge in [-0.25, -0.2) is 0 Å². The Kier molecular flexibility index (Phi) is 5.87. The zero-order chi connectivity index (χ0) is 13.8. The Bertz CT molecular complexity index is 360. The molecule has 1 unspecified atom stereocenters. The van der Waals surface area contributed by atoms with Gasteiger partial charge >= 0.3 is 0 Å². The van der Waals surface area contributed by atoms with Gasteiger partial charge in [0.15, 0.2) is 0 Å². The first-order chi connectivity index (χ1) is 8.33. The number of hydrogen-bond acceptors (Lipinski definition) is 2. The summed E-state index contributed by atoms with van der Waals surface area (Å²) in [5, 5.41) is 3.72. The lowest BCUT2D eigenvalue weighted by molar-refractivity contribution is 0.333. The van der Waals surface area contributed by atoms with Crippen LogP contribution >= 0.6 is 11.3 Å². The van der Waals surface area contributed by atoms with Gasteiger partial charge in [0.1, 0.15) is 0 Å². The van der Waals surface area contributed by atoms with Crippen molar-refractivity contribution in [3.05, 3.63) is 21.4 Å². The summed E-state index contributed by atoms with van der Waals surface area (Å²) >= 11 is 1.96. The summed E-state index contributed by atoms with van der Waals surface area (Å²) < 4.78 is 0. The van der Waals surface area contributed by atoms with E-state index in [-0.39, 0.29) is 0 Å². The van der Waals surface area contributed by atoms with E-state index in [0.29, 0.717) is 11.5 Å². The van der Waals surface area contributed by atoms with Crippen molar-refractivity contribution in [2.45, 2.75) is 66.8 Å². The van der Waals surface area contributed by atoms with Gasteiger partial charge in [0, 0.05) is 15.8 Å². The second-order valence-corrected chi connectivity index (χ2v) is 7.80. The summed E-state index contributed by atoms with van der Waals surface area (Å²) in [6, 6.07) is 2.86. The molecule has 0 amide bonds. The van der Waals surface area contributed by atoms with Crippen molar-refractivity contribution in [2.75, 3.05) is 6.54 Å². The van der Waals surface area contributed by atoms with Gasteiger partial charge < -0.3 is 5.32 Å². The SMILES string of the molecule is CCCNC(CCC(C)(C)C)c1sc(C)cc1C. The van der Waals surface area contributed by atoms with Gasteiger partial charge in [0.05, 0.1) is 0 Å². The third-order valence-electron chi connectivity index (χ3n) is 3.22. The Labute approximate surface area is 117 Å². The van der Waals surface area contributed by atoms with Gasteiger partial charge in [-0.15, -0.1) is 11.3 Å². The van der Waals surface area contributed by atoms with E-state index in [9.17, 15) is 0 Å². The number of thiophene rings is 1. The van der Waals surface area contributed by atoms with Gasteiger partial charge in [-0.1, -0.05) is 27.7 Å². The Morgan fingerprint density at radius 3 is 2.39 bits per heavy atom. The molecule has 1 nitrogen and oxygen atoms in total. The molecule has 1 aromatic rings. The molecule has 1 heterocycles. The highest BCUT2D eigenvalue weighted by Gasteiger charge is 2.19. The van der Waals surface area contributed by atoms with E-state index < -0.39 is 0 Å². The molecule has 0 bridgehead atoms. The Morgan fingerprint density at radius 2 is 1.94 bits per heavy atom. The third kappa shape index (κ3) is 5.11. The standard InChI is InChI=1S/C16H29NS/c1-7-10-17-14(8-9-16(4,5)6)15-12(2)11-13(3)18-15/h11,14,17H,7-10H2,1-6H3. The molecule has 1 atom stereocenters. The highest BCUT2D eigenvalue weighted by Crippen LogP contribution is 2.33. The Morgan fingerprint density at radius 1 is 1.28 bits per heavy atom. The minimum atomic E-state index is 0.423. The normalized spacial score (nSPS) is 13.9. The van der Waals surface area contributed by atoms with Gasteiger partial charge in [-0.2, -0.15) is 0 Å². The first kappa shape index (κ1) is 15.7. The molecule has 0 saturated carbocycles. The summed E-state index contributed by atoms with van der Waals surface area (Å²) in [6.07, 6.45) is 3.71. The second-order valence-electron chi connectivity index (χ2n) is 6.51. The van der Waals surface area contributed by atoms with Crippen molar-refractivity contribution in [3.63, 3.8) is 0 Å². The zero-order valence-corrected chi connectivity index (χ0v) is 13.7. The smallest absolute Gasteiger partial charge is 0.0417 e. The van der Waals surface area contributed by atoms with E-state index >= 15 is 0 Å². The van der Waals surface area contributed by atoms with E-state index in [1.165, 1.54) is 29.7 Å². The number of rotatable bonds is 6. The molecule has 0 aliphatic carbocycles. The minimum Gasteiger partial charge on any atom is -0.309 e. The third-order valence-corrected chi connectivity index (χ3v) is 4.49. The van der Waals surface area contributed by atoms with Crippen molar-refractivity contribution >= 4 is 11.3 Å². The van der Waals surface area contributed by atoms with E-state index in [2.05, 4.69) is 52.9 Å². The van der Waals surface area contributed by atoms with Crippen LogP contribution in [0.3, 0.4) is 0 Å². The van der Waals surface area contributed by atoms with Gasteiger partial charge in [0.25, 0.3) is 0 Å². The van der Waals surface area contributed by atoms with Crippen LogP contribution in [-0.4, -0.2) is 6.54 Å². The average molecular weight is 267 g/mol. The summed E-state index contributed by atoms with van der Waals surface area (Å²) in [4.78, 5) is 2.98. The molecule has 1 rings (SSSR count).